The van der Waals surface area contributed by atoms with Crippen LogP contribution in [0.4, 0.5) is 4.79 Å². The van der Waals surface area contributed by atoms with E-state index in [-0.39, 0.29) is 36.5 Å². The Hall–Kier alpha value is -5.16. The minimum Gasteiger partial charge on any atom is -0.507 e. The molecule has 3 aliphatic rings. The van der Waals surface area contributed by atoms with Crippen molar-refractivity contribution in [2.45, 2.75) is 51.2 Å². The largest absolute Gasteiger partial charge is 0.507 e. The lowest BCUT2D eigenvalue weighted by Crippen LogP contribution is -2.66. The topological polar surface area (TPSA) is 115 Å². The highest BCUT2D eigenvalue weighted by Crippen LogP contribution is 2.51. The first-order chi connectivity index (χ1) is 26.0. The first-order valence-corrected chi connectivity index (χ1v) is 20.4. The minimum atomic E-state index is -2.98. The van der Waals surface area contributed by atoms with Crippen LogP contribution in [-0.2, 0) is 23.5 Å². The summed E-state index contributed by atoms with van der Waals surface area (Å²) in [6, 6.07) is 33.7. The Morgan fingerprint density at radius 1 is 0.907 bits per heavy atom. The molecule has 7 rings (SSSR count). The number of allylic oxidation sites excluding steroid dienone is 1. The number of aromatic nitrogens is 1. The number of rotatable bonds is 10. The number of benzene rings is 3. The number of para-hydroxylation sites is 1. The summed E-state index contributed by atoms with van der Waals surface area (Å²) in [5.41, 5.74) is 4.31. The summed E-state index contributed by atoms with van der Waals surface area (Å²) < 4.78 is 18.9. The third-order valence-corrected chi connectivity index (χ3v) is 16.2. The molecule has 1 N–H and O–H groups in total. The number of pyridine rings is 1. The number of hydrogen-bond donors (Lipinski definition) is 1. The molecule has 2 aliphatic heterocycles. The van der Waals surface area contributed by atoms with Gasteiger partial charge in [-0.05, 0) is 75.7 Å². The van der Waals surface area contributed by atoms with Crippen molar-refractivity contribution in [2.24, 2.45) is 17.8 Å². The molecule has 10 heteroatoms. The third kappa shape index (κ3) is 6.74. The van der Waals surface area contributed by atoms with Crippen LogP contribution in [0.1, 0.15) is 51.3 Å². The summed E-state index contributed by atoms with van der Waals surface area (Å²) in [5.74, 6) is -2.77. The number of likely N-dealkylation sites (tertiary alicyclic amines) is 1. The lowest BCUT2D eigenvalue weighted by molar-refractivity contribution is -0.137. The number of phenols is 1. The van der Waals surface area contributed by atoms with Gasteiger partial charge in [-0.1, -0.05) is 106 Å². The summed E-state index contributed by atoms with van der Waals surface area (Å²) in [5, 5.41) is 12.6. The van der Waals surface area contributed by atoms with E-state index >= 15 is 0 Å². The molecule has 0 unspecified atom stereocenters. The number of hydrogen-bond acceptors (Lipinski definition) is 8. The molecule has 2 saturated heterocycles. The van der Waals surface area contributed by atoms with E-state index in [1.807, 2.05) is 72.8 Å². The molecular formula is C44H46N2O7Si. The zero-order valence-electron chi connectivity index (χ0n) is 31.1. The van der Waals surface area contributed by atoms with Crippen LogP contribution in [-0.4, -0.2) is 67.6 Å². The molecule has 4 aromatic rings. The van der Waals surface area contributed by atoms with E-state index in [1.165, 1.54) is 7.11 Å². The second-order valence-electron chi connectivity index (χ2n) is 15.2. The van der Waals surface area contributed by atoms with E-state index in [0.717, 1.165) is 32.8 Å². The zero-order valence-corrected chi connectivity index (χ0v) is 32.1. The maximum absolute atomic E-state index is 13.9. The quantitative estimate of drug-likeness (QED) is 0.108. The molecular weight excluding hydrogens is 697 g/mol. The maximum atomic E-state index is 13.9. The lowest BCUT2D eigenvalue weighted by Gasteiger charge is -2.44. The van der Waals surface area contributed by atoms with Crippen molar-refractivity contribution in [1.82, 2.24) is 9.88 Å². The van der Waals surface area contributed by atoms with Gasteiger partial charge in [0.1, 0.15) is 5.75 Å². The molecule has 3 heterocycles. The zero-order chi connectivity index (χ0) is 38.0. The highest BCUT2D eigenvalue weighted by Gasteiger charge is 2.59. The molecule has 2 fully saturated rings. The summed E-state index contributed by atoms with van der Waals surface area (Å²) in [7, 11) is -1.81. The number of carbonyl (C=O) groups excluding carboxylic acids is 3. The summed E-state index contributed by atoms with van der Waals surface area (Å²) in [6.07, 6.45) is 3.75. The van der Waals surface area contributed by atoms with Crippen molar-refractivity contribution < 1.29 is 33.4 Å². The predicted octanol–water partition coefficient (Wildman–Crippen LogP) is 6.77. The molecule has 54 heavy (non-hydrogen) atoms. The van der Waals surface area contributed by atoms with Crippen LogP contribution in [0.2, 0.25) is 5.04 Å². The molecule has 3 amide bonds. The average molecular weight is 743 g/mol. The Bertz CT molecular complexity index is 2040. The van der Waals surface area contributed by atoms with Crippen LogP contribution in [0.25, 0.3) is 11.6 Å². The molecule has 9 nitrogen and oxygen atoms in total. The van der Waals surface area contributed by atoms with Crippen LogP contribution in [0.3, 0.4) is 0 Å². The van der Waals surface area contributed by atoms with Crippen molar-refractivity contribution in [2.75, 3.05) is 20.3 Å². The van der Waals surface area contributed by atoms with Gasteiger partial charge >= 0.3 is 6.09 Å². The predicted molar refractivity (Wildman–Crippen MR) is 209 cm³/mol. The van der Waals surface area contributed by atoms with Crippen molar-refractivity contribution in [3.8, 4) is 5.75 Å². The van der Waals surface area contributed by atoms with Crippen molar-refractivity contribution >= 4 is 48.2 Å². The SMILES string of the molecule is COC(=O)N1C(=O)[C@@H]2[C@@H](CC(CO[Si](c3ccccc3)(c3ccccc3)C(C)(C)C)=C3[C@@H](CC/C(=C/c4ccccc4O)c4ccccn4)OC[C@@H]32)C1=O. The summed E-state index contributed by atoms with van der Waals surface area (Å²) in [4.78, 5) is 45.7. The van der Waals surface area contributed by atoms with Crippen LogP contribution in [0.15, 0.2) is 120 Å². The Balaban J connectivity index is 1.29. The molecule has 0 bridgehead atoms. The third-order valence-electron chi connectivity index (χ3n) is 11.2. The number of phenolic OH excluding ortho intramolecular Hbond substituents is 1. The fourth-order valence-corrected chi connectivity index (χ4v) is 13.3. The first-order valence-electron chi connectivity index (χ1n) is 18.5. The smallest absolute Gasteiger partial charge is 0.423 e. The van der Waals surface area contributed by atoms with E-state index in [4.69, 9.17) is 13.9 Å². The second kappa shape index (κ2) is 15.3. The number of imide groups is 3. The fraction of sp³-hybridized carbons (Fsp3) is 0.318. The Kier molecular flexibility index (Phi) is 10.5. The Morgan fingerprint density at radius 3 is 2.17 bits per heavy atom. The van der Waals surface area contributed by atoms with Gasteiger partial charge in [0.05, 0.1) is 44.0 Å². The maximum Gasteiger partial charge on any atom is 0.423 e. The second-order valence-corrected chi connectivity index (χ2v) is 19.5. The summed E-state index contributed by atoms with van der Waals surface area (Å²) in [6.45, 7) is 7.15. The molecule has 278 valence electrons. The normalized spacial score (nSPS) is 21.6. The van der Waals surface area contributed by atoms with Gasteiger partial charge in [0, 0.05) is 17.7 Å². The van der Waals surface area contributed by atoms with Crippen LogP contribution in [0.5, 0.6) is 5.75 Å². The molecule has 1 aliphatic carbocycles. The highest BCUT2D eigenvalue weighted by atomic mass is 28.4. The molecule has 3 aromatic carbocycles. The van der Waals surface area contributed by atoms with E-state index < -0.39 is 44.0 Å². The van der Waals surface area contributed by atoms with E-state index in [1.54, 1.807) is 18.3 Å². The van der Waals surface area contributed by atoms with Gasteiger partial charge in [0.25, 0.3) is 8.32 Å². The van der Waals surface area contributed by atoms with Crippen molar-refractivity contribution in [3.05, 3.63) is 132 Å². The molecule has 1 aromatic heterocycles. The number of nitrogens with zero attached hydrogens (tertiary/aromatic N) is 2. The van der Waals surface area contributed by atoms with E-state index in [9.17, 15) is 19.5 Å². The monoisotopic (exact) mass is 742 g/mol. The van der Waals surface area contributed by atoms with Gasteiger partial charge in [-0.25, -0.2) is 4.79 Å². The standard InChI is InChI=1S/C44H46N2O7Si/c1-44(2,3)54(32-16-7-5-8-17-32,33-18-9-6-10-19-33)53-27-31-26-34-40(42(49)46(41(34)48)43(50)51-4)35-28-52-38(39(31)35)23-22-29(36-20-13-14-24-45-36)25-30-15-11-12-21-37(30)47/h5-21,24-25,34-35,38,40,47H,22-23,26-28H2,1-4H3/b29-25-/t34-,35+,38-,40-/m1/s1. The minimum absolute atomic E-state index is 0.173. The van der Waals surface area contributed by atoms with Gasteiger partial charge in [0.15, 0.2) is 0 Å². The van der Waals surface area contributed by atoms with Crippen LogP contribution < -0.4 is 10.4 Å². The average Bonchev–Trinajstić information content (AvgIpc) is 3.72. The summed E-state index contributed by atoms with van der Waals surface area (Å²) >= 11 is 0. The van der Waals surface area contributed by atoms with Gasteiger partial charge in [0.2, 0.25) is 11.8 Å². The number of ether oxygens (including phenoxy) is 2. The molecule has 0 spiro atoms. The first kappa shape index (κ1) is 37.2. The number of carbonyl (C=O) groups is 3. The van der Waals surface area contributed by atoms with Crippen molar-refractivity contribution in [1.29, 1.82) is 0 Å². The van der Waals surface area contributed by atoms with E-state index in [2.05, 4.69) is 50.0 Å². The van der Waals surface area contributed by atoms with Crippen molar-refractivity contribution in [3.63, 3.8) is 0 Å². The van der Waals surface area contributed by atoms with E-state index in [0.29, 0.717) is 23.3 Å². The van der Waals surface area contributed by atoms with Gasteiger partial charge in [-0.3, -0.25) is 14.6 Å². The van der Waals surface area contributed by atoms with Gasteiger partial charge in [-0.15, -0.1) is 0 Å². The highest BCUT2D eigenvalue weighted by molar-refractivity contribution is 6.99. The van der Waals surface area contributed by atoms with Crippen LogP contribution in [0, 0.1) is 17.8 Å². The number of fused-ring (bicyclic) bond motifs is 3. The van der Waals surface area contributed by atoms with Gasteiger partial charge in [-0.2, -0.15) is 4.90 Å². The number of methoxy groups -OCH3 is 1. The molecule has 0 saturated carbocycles. The Morgan fingerprint density at radius 2 is 1.56 bits per heavy atom. The van der Waals surface area contributed by atoms with Crippen LogP contribution >= 0.6 is 0 Å². The molecule has 4 atom stereocenters. The molecule has 0 radical (unpaired) electrons. The Labute approximate surface area is 317 Å². The lowest BCUT2D eigenvalue weighted by atomic mass is 9.69. The number of amides is 3. The van der Waals surface area contributed by atoms with Gasteiger partial charge < -0.3 is 19.0 Å². The number of aromatic hydroxyl groups is 1. The fourth-order valence-electron chi connectivity index (χ4n) is 8.74.